The summed E-state index contributed by atoms with van der Waals surface area (Å²) in [6, 6.07) is 12.2. The minimum absolute atomic E-state index is 0.194. The van der Waals surface area contributed by atoms with Crippen molar-refractivity contribution in [3.63, 3.8) is 0 Å². The van der Waals surface area contributed by atoms with E-state index in [9.17, 15) is 0 Å². The second-order valence-corrected chi connectivity index (χ2v) is 8.58. The zero-order valence-electron chi connectivity index (χ0n) is 18.7. The van der Waals surface area contributed by atoms with Gasteiger partial charge >= 0.3 is 0 Å². The molecule has 1 heterocycles. The second kappa shape index (κ2) is 13.6. The van der Waals surface area contributed by atoms with E-state index < -0.39 is 0 Å². The maximum absolute atomic E-state index is 8.17. The summed E-state index contributed by atoms with van der Waals surface area (Å²) in [4.78, 5) is 4.94. The van der Waals surface area contributed by atoms with Gasteiger partial charge in [-0.05, 0) is 53.5 Å². The standard InChI is InChI=1S/C23H29Cl2N5O3/c1-30-14-21(20-12-18(24)13-23(25)22(20)15-30)17-3-2-4-19(11-17)27-16-33-10-9-32-8-7-31-6-5-28-29-26/h2-4,11-13,21,27H,5-10,14-16H2,1H3. The molecule has 0 saturated carbocycles. The van der Waals surface area contributed by atoms with E-state index in [1.165, 1.54) is 11.1 Å². The molecule has 1 unspecified atom stereocenters. The Morgan fingerprint density at radius 3 is 2.64 bits per heavy atom. The average Bonchev–Trinajstić information content (AvgIpc) is 2.80. The molecular weight excluding hydrogens is 465 g/mol. The summed E-state index contributed by atoms with van der Waals surface area (Å²) in [6.45, 7) is 4.72. The lowest BCUT2D eigenvalue weighted by atomic mass is 9.84. The van der Waals surface area contributed by atoms with Crippen LogP contribution in [-0.2, 0) is 20.8 Å². The van der Waals surface area contributed by atoms with Gasteiger partial charge in [0.05, 0.1) is 33.0 Å². The summed E-state index contributed by atoms with van der Waals surface area (Å²) >= 11 is 12.8. The van der Waals surface area contributed by atoms with E-state index >= 15 is 0 Å². The summed E-state index contributed by atoms with van der Waals surface area (Å²) in [5, 5.41) is 8.08. The summed E-state index contributed by atoms with van der Waals surface area (Å²) < 4.78 is 16.3. The van der Waals surface area contributed by atoms with Crippen LogP contribution in [0.5, 0.6) is 0 Å². The molecule has 0 radical (unpaired) electrons. The topological polar surface area (TPSA) is 91.7 Å². The SMILES string of the molecule is CN1Cc2c(Cl)cc(Cl)cc2C(c2cccc(NCOCCOCCOCCN=[N+]=[N-])c2)C1. The highest BCUT2D eigenvalue weighted by Crippen LogP contribution is 2.38. The zero-order valence-corrected chi connectivity index (χ0v) is 20.2. The Kier molecular flexibility index (Phi) is 10.6. The van der Waals surface area contributed by atoms with Crippen molar-refractivity contribution in [1.82, 2.24) is 4.90 Å². The smallest absolute Gasteiger partial charge is 0.116 e. The number of hydrogen-bond donors (Lipinski definition) is 1. The van der Waals surface area contributed by atoms with Crippen LogP contribution in [0.1, 0.15) is 22.6 Å². The summed E-state index contributed by atoms with van der Waals surface area (Å²) in [7, 11) is 2.11. The molecule has 0 fully saturated rings. The van der Waals surface area contributed by atoms with E-state index in [-0.39, 0.29) is 5.92 Å². The van der Waals surface area contributed by atoms with Crippen LogP contribution in [0.2, 0.25) is 10.0 Å². The van der Waals surface area contributed by atoms with Gasteiger partial charge in [-0.3, -0.25) is 0 Å². The number of nitrogens with one attached hydrogen (secondary N) is 1. The van der Waals surface area contributed by atoms with Gasteiger partial charge in [0.15, 0.2) is 0 Å². The molecule has 0 aromatic heterocycles. The predicted octanol–water partition coefficient (Wildman–Crippen LogP) is 5.30. The first-order valence-electron chi connectivity index (χ1n) is 10.8. The number of azide groups is 1. The Balaban J connectivity index is 1.43. The lowest BCUT2D eigenvalue weighted by Crippen LogP contribution is -2.31. The third-order valence-corrected chi connectivity index (χ3v) is 5.86. The molecule has 0 spiro atoms. The van der Waals surface area contributed by atoms with Gasteiger partial charge < -0.3 is 24.4 Å². The highest BCUT2D eigenvalue weighted by molar-refractivity contribution is 6.35. The van der Waals surface area contributed by atoms with Crippen LogP contribution in [0, 0.1) is 0 Å². The molecule has 1 atom stereocenters. The minimum atomic E-state index is 0.194. The fourth-order valence-corrected chi connectivity index (χ4v) is 4.36. The first-order chi connectivity index (χ1) is 16.1. The lowest BCUT2D eigenvalue weighted by molar-refractivity contribution is 0.0194. The number of fused-ring (bicyclic) bond motifs is 1. The first kappa shape index (κ1) is 25.6. The molecule has 0 amide bonds. The molecule has 8 nitrogen and oxygen atoms in total. The van der Waals surface area contributed by atoms with Crippen LogP contribution in [0.15, 0.2) is 41.5 Å². The third-order valence-electron chi connectivity index (χ3n) is 5.30. The van der Waals surface area contributed by atoms with Gasteiger partial charge in [0.2, 0.25) is 0 Å². The molecule has 1 N–H and O–H groups in total. The Hall–Kier alpha value is -2.03. The van der Waals surface area contributed by atoms with Crippen LogP contribution in [0.25, 0.3) is 10.4 Å². The molecule has 2 aromatic rings. The number of halogens is 2. The third kappa shape index (κ3) is 8.05. The van der Waals surface area contributed by atoms with Crippen molar-refractivity contribution >= 4 is 28.9 Å². The van der Waals surface area contributed by atoms with Crippen LogP contribution in [0.3, 0.4) is 0 Å². The summed E-state index contributed by atoms with van der Waals surface area (Å²) in [5.41, 5.74) is 12.7. The van der Waals surface area contributed by atoms with Crippen LogP contribution in [0.4, 0.5) is 5.69 Å². The summed E-state index contributed by atoms with van der Waals surface area (Å²) in [6.07, 6.45) is 0. The zero-order chi connectivity index (χ0) is 23.5. The largest absolute Gasteiger partial charge is 0.379 e. The van der Waals surface area contributed by atoms with Crippen LogP contribution >= 0.6 is 23.2 Å². The Bertz CT molecular complexity index is 956. The van der Waals surface area contributed by atoms with E-state index in [0.717, 1.165) is 29.4 Å². The number of benzene rings is 2. The number of rotatable bonds is 13. The fraction of sp³-hybridized carbons (Fsp3) is 0.478. The van der Waals surface area contributed by atoms with E-state index in [2.05, 4.69) is 39.4 Å². The van der Waals surface area contributed by atoms with E-state index in [4.69, 9.17) is 42.9 Å². The van der Waals surface area contributed by atoms with Crippen molar-refractivity contribution in [1.29, 1.82) is 0 Å². The minimum Gasteiger partial charge on any atom is -0.379 e. The second-order valence-electron chi connectivity index (χ2n) is 7.74. The van der Waals surface area contributed by atoms with Crippen molar-refractivity contribution < 1.29 is 14.2 Å². The van der Waals surface area contributed by atoms with Crippen LogP contribution in [-0.4, -0.2) is 64.8 Å². The van der Waals surface area contributed by atoms with Crippen LogP contribution < -0.4 is 5.32 Å². The summed E-state index contributed by atoms with van der Waals surface area (Å²) in [5.74, 6) is 0.194. The number of hydrogen-bond acceptors (Lipinski definition) is 6. The van der Waals surface area contributed by atoms with Crippen molar-refractivity contribution in [2.45, 2.75) is 12.5 Å². The molecule has 1 aliphatic rings. The van der Waals surface area contributed by atoms with Crippen molar-refractivity contribution in [2.24, 2.45) is 5.11 Å². The lowest BCUT2D eigenvalue weighted by Gasteiger charge is -2.33. The normalized spacial score (nSPS) is 15.7. The number of ether oxygens (including phenoxy) is 3. The highest BCUT2D eigenvalue weighted by atomic mass is 35.5. The maximum Gasteiger partial charge on any atom is 0.116 e. The number of anilines is 1. The Labute approximate surface area is 204 Å². The van der Waals surface area contributed by atoms with Crippen molar-refractivity contribution in [3.8, 4) is 0 Å². The maximum atomic E-state index is 8.17. The Morgan fingerprint density at radius 2 is 1.85 bits per heavy atom. The molecule has 0 saturated heterocycles. The van der Waals surface area contributed by atoms with Gasteiger partial charge in [-0.15, -0.1) is 0 Å². The van der Waals surface area contributed by atoms with Gasteiger partial charge in [-0.1, -0.05) is 40.4 Å². The molecule has 2 aromatic carbocycles. The fourth-order valence-electron chi connectivity index (χ4n) is 3.79. The molecule has 3 rings (SSSR count). The molecule has 10 heteroatoms. The van der Waals surface area contributed by atoms with Gasteiger partial charge in [-0.2, -0.15) is 0 Å². The van der Waals surface area contributed by atoms with Gasteiger partial charge in [0, 0.05) is 46.2 Å². The monoisotopic (exact) mass is 493 g/mol. The molecule has 0 bridgehead atoms. The molecular formula is C23H29Cl2N5O3. The highest BCUT2D eigenvalue weighted by Gasteiger charge is 2.27. The van der Waals surface area contributed by atoms with Gasteiger partial charge in [-0.25, -0.2) is 0 Å². The quantitative estimate of drug-likeness (QED) is 0.134. The first-order valence-corrected chi connectivity index (χ1v) is 11.6. The van der Waals surface area contributed by atoms with Gasteiger partial charge in [0.25, 0.3) is 0 Å². The Morgan fingerprint density at radius 1 is 1.09 bits per heavy atom. The molecule has 0 aliphatic carbocycles. The van der Waals surface area contributed by atoms with Crippen molar-refractivity contribution in [3.05, 3.63) is 73.6 Å². The number of nitrogens with zero attached hydrogens (tertiary/aromatic N) is 4. The molecule has 33 heavy (non-hydrogen) atoms. The average molecular weight is 494 g/mol. The predicted molar refractivity (Wildman–Crippen MR) is 131 cm³/mol. The molecule has 1 aliphatic heterocycles. The molecule has 178 valence electrons. The van der Waals surface area contributed by atoms with E-state index in [1.54, 1.807) is 0 Å². The van der Waals surface area contributed by atoms with E-state index in [0.29, 0.717) is 51.3 Å². The van der Waals surface area contributed by atoms with Crippen molar-refractivity contribution in [2.75, 3.05) is 65.2 Å². The number of likely N-dealkylation sites (N-methyl/N-ethyl adjacent to an activating group) is 1. The van der Waals surface area contributed by atoms with Gasteiger partial charge in [0.1, 0.15) is 6.73 Å². The van der Waals surface area contributed by atoms with E-state index in [1.807, 2.05) is 24.3 Å².